The quantitative estimate of drug-likeness (QED) is 0.858. The van der Waals surface area contributed by atoms with Crippen LogP contribution in [0, 0.1) is 11.3 Å². The van der Waals surface area contributed by atoms with E-state index in [1.54, 1.807) is 0 Å². The van der Waals surface area contributed by atoms with Gasteiger partial charge in [0.1, 0.15) is 0 Å². The molecule has 3 nitrogen and oxygen atoms in total. The van der Waals surface area contributed by atoms with Crippen molar-refractivity contribution < 1.29 is 5.11 Å². The summed E-state index contributed by atoms with van der Waals surface area (Å²) in [5.41, 5.74) is 2.91. The van der Waals surface area contributed by atoms with Crippen LogP contribution < -0.4 is 5.32 Å². The molecule has 96 valence electrons. The van der Waals surface area contributed by atoms with Crippen LogP contribution in [0.5, 0.6) is 0 Å². The second kappa shape index (κ2) is 6.58. The Morgan fingerprint density at radius 2 is 1.89 bits per heavy atom. The minimum absolute atomic E-state index is 0.113. The summed E-state index contributed by atoms with van der Waals surface area (Å²) < 4.78 is 0. The van der Waals surface area contributed by atoms with E-state index in [9.17, 15) is 5.11 Å². The zero-order valence-electron chi connectivity index (χ0n) is 10.6. The molecule has 0 radical (unpaired) electrons. The van der Waals surface area contributed by atoms with Crippen LogP contribution in [0.4, 0.5) is 5.69 Å². The molecule has 2 aromatic rings. The summed E-state index contributed by atoms with van der Waals surface area (Å²) in [6.07, 6.45) is -0.606. The molecule has 3 heteroatoms. The van der Waals surface area contributed by atoms with Gasteiger partial charge >= 0.3 is 0 Å². The van der Waals surface area contributed by atoms with Gasteiger partial charge in [-0.25, -0.2) is 0 Å². The van der Waals surface area contributed by atoms with Gasteiger partial charge in [-0.05, 0) is 23.3 Å². The zero-order valence-corrected chi connectivity index (χ0v) is 10.6. The number of aliphatic hydroxyl groups is 1. The maximum absolute atomic E-state index is 9.78. The predicted octanol–water partition coefficient (Wildman–Crippen LogP) is 3.25. The normalized spacial score (nSPS) is 11.6. The third-order valence-corrected chi connectivity index (χ3v) is 2.90. The van der Waals surface area contributed by atoms with Crippen LogP contribution in [0.2, 0.25) is 0 Å². The van der Waals surface area contributed by atoms with Crippen LogP contribution in [-0.4, -0.2) is 5.11 Å². The maximum atomic E-state index is 9.78. The third-order valence-electron chi connectivity index (χ3n) is 2.90. The highest BCUT2D eigenvalue weighted by Crippen LogP contribution is 2.20. The van der Waals surface area contributed by atoms with Crippen molar-refractivity contribution >= 4 is 5.69 Å². The first-order valence-electron chi connectivity index (χ1n) is 6.22. The van der Waals surface area contributed by atoms with E-state index < -0.39 is 6.10 Å². The summed E-state index contributed by atoms with van der Waals surface area (Å²) in [4.78, 5) is 0. The Balaban J connectivity index is 2.01. The van der Waals surface area contributed by atoms with Crippen molar-refractivity contribution in [2.75, 3.05) is 5.32 Å². The SMILES string of the molecule is N#CCC(O)c1cccc(NCc2ccccc2)c1. The van der Waals surface area contributed by atoms with Gasteiger partial charge in [0.05, 0.1) is 18.6 Å². The second-order valence-corrected chi connectivity index (χ2v) is 4.34. The van der Waals surface area contributed by atoms with Gasteiger partial charge in [-0.1, -0.05) is 42.5 Å². The third kappa shape index (κ3) is 3.84. The van der Waals surface area contributed by atoms with Crippen LogP contribution in [0.15, 0.2) is 54.6 Å². The van der Waals surface area contributed by atoms with E-state index in [2.05, 4.69) is 17.4 Å². The highest BCUT2D eigenvalue weighted by Gasteiger charge is 2.06. The summed E-state index contributed by atoms with van der Waals surface area (Å²) in [6.45, 7) is 0.735. The summed E-state index contributed by atoms with van der Waals surface area (Å²) in [5, 5.41) is 21.7. The molecule has 0 amide bonds. The molecule has 1 unspecified atom stereocenters. The predicted molar refractivity (Wildman–Crippen MR) is 75.4 cm³/mol. The van der Waals surface area contributed by atoms with Gasteiger partial charge < -0.3 is 10.4 Å². The molecule has 0 fully saturated rings. The van der Waals surface area contributed by atoms with Gasteiger partial charge in [0.15, 0.2) is 0 Å². The maximum Gasteiger partial charge on any atom is 0.0920 e. The Morgan fingerprint density at radius 3 is 2.63 bits per heavy atom. The van der Waals surface area contributed by atoms with Crippen molar-refractivity contribution in [1.29, 1.82) is 5.26 Å². The topological polar surface area (TPSA) is 56.0 Å². The number of rotatable bonds is 5. The molecule has 0 spiro atoms. The fourth-order valence-electron chi connectivity index (χ4n) is 1.86. The largest absolute Gasteiger partial charge is 0.387 e. The average Bonchev–Trinajstić information content (AvgIpc) is 2.47. The Hall–Kier alpha value is -2.31. The number of anilines is 1. The minimum atomic E-state index is -0.719. The van der Waals surface area contributed by atoms with Crippen molar-refractivity contribution in [2.24, 2.45) is 0 Å². The standard InChI is InChI=1S/C16H16N2O/c17-10-9-16(19)14-7-4-8-15(11-14)18-12-13-5-2-1-3-6-13/h1-8,11,16,18-19H,9,12H2. The van der Waals surface area contributed by atoms with Crippen molar-refractivity contribution in [3.8, 4) is 6.07 Å². The number of hydrogen-bond donors (Lipinski definition) is 2. The van der Waals surface area contributed by atoms with E-state index in [1.807, 2.05) is 48.5 Å². The molecule has 2 aromatic carbocycles. The van der Waals surface area contributed by atoms with Gasteiger partial charge in [-0.3, -0.25) is 0 Å². The lowest BCUT2D eigenvalue weighted by Gasteiger charge is -2.11. The van der Waals surface area contributed by atoms with Crippen molar-refractivity contribution in [2.45, 2.75) is 19.1 Å². The second-order valence-electron chi connectivity index (χ2n) is 4.34. The molecular weight excluding hydrogens is 236 g/mol. The molecule has 0 heterocycles. The highest BCUT2D eigenvalue weighted by atomic mass is 16.3. The van der Waals surface area contributed by atoms with Gasteiger partial charge in [0.2, 0.25) is 0 Å². The van der Waals surface area contributed by atoms with Gasteiger partial charge in [-0.15, -0.1) is 0 Å². The summed E-state index contributed by atoms with van der Waals surface area (Å²) in [7, 11) is 0. The molecule has 0 aliphatic rings. The Kier molecular flexibility index (Phi) is 4.54. The van der Waals surface area contributed by atoms with Crippen LogP contribution in [0.3, 0.4) is 0 Å². The molecule has 0 saturated heterocycles. The van der Waals surface area contributed by atoms with Crippen LogP contribution in [0.1, 0.15) is 23.7 Å². The Morgan fingerprint density at radius 1 is 1.11 bits per heavy atom. The lowest BCUT2D eigenvalue weighted by atomic mass is 10.1. The Labute approximate surface area is 113 Å². The summed E-state index contributed by atoms with van der Waals surface area (Å²) >= 11 is 0. The van der Waals surface area contributed by atoms with Crippen molar-refractivity contribution in [3.63, 3.8) is 0 Å². The fourth-order valence-corrected chi connectivity index (χ4v) is 1.86. The highest BCUT2D eigenvalue weighted by molar-refractivity contribution is 5.46. The van der Waals surface area contributed by atoms with E-state index in [1.165, 1.54) is 5.56 Å². The van der Waals surface area contributed by atoms with Gasteiger partial charge in [-0.2, -0.15) is 5.26 Å². The molecule has 0 aliphatic carbocycles. The van der Waals surface area contributed by atoms with Crippen LogP contribution >= 0.6 is 0 Å². The first-order valence-corrected chi connectivity index (χ1v) is 6.22. The number of nitrogens with one attached hydrogen (secondary N) is 1. The number of hydrogen-bond acceptors (Lipinski definition) is 3. The molecule has 0 aliphatic heterocycles. The number of aliphatic hydroxyl groups excluding tert-OH is 1. The molecule has 0 aromatic heterocycles. The first kappa shape index (κ1) is 13.1. The monoisotopic (exact) mass is 252 g/mol. The van der Waals surface area contributed by atoms with Crippen molar-refractivity contribution in [1.82, 2.24) is 0 Å². The molecule has 2 rings (SSSR count). The molecule has 1 atom stereocenters. The first-order chi connectivity index (χ1) is 9.29. The van der Waals surface area contributed by atoms with E-state index in [-0.39, 0.29) is 6.42 Å². The molecule has 19 heavy (non-hydrogen) atoms. The van der Waals surface area contributed by atoms with E-state index >= 15 is 0 Å². The molecular formula is C16H16N2O. The number of nitriles is 1. The van der Waals surface area contributed by atoms with Crippen LogP contribution in [-0.2, 0) is 6.54 Å². The van der Waals surface area contributed by atoms with Gasteiger partial charge in [0.25, 0.3) is 0 Å². The average molecular weight is 252 g/mol. The van der Waals surface area contributed by atoms with Crippen LogP contribution in [0.25, 0.3) is 0 Å². The Bertz CT molecular complexity index is 560. The van der Waals surface area contributed by atoms with E-state index in [0.717, 1.165) is 17.8 Å². The number of benzene rings is 2. The zero-order chi connectivity index (χ0) is 13.5. The smallest absolute Gasteiger partial charge is 0.0920 e. The lowest BCUT2D eigenvalue weighted by molar-refractivity contribution is 0.183. The van der Waals surface area contributed by atoms with Crippen molar-refractivity contribution in [3.05, 3.63) is 65.7 Å². The summed E-state index contributed by atoms with van der Waals surface area (Å²) in [6, 6.07) is 19.6. The molecule has 0 saturated carbocycles. The summed E-state index contributed by atoms with van der Waals surface area (Å²) in [5.74, 6) is 0. The van der Waals surface area contributed by atoms with E-state index in [4.69, 9.17) is 5.26 Å². The minimum Gasteiger partial charge on any atom is -0.387 e. The molecule has 2 N–H and O–H groups in total. The van der Waals surface area contributed by atoms with Gasteiger partial charge in [0, 0.05) is 12.2 Å². The number of nitrogens with zero attached hydrogens (tertiary/aromatic N) is 1. The molecule has 0 bridgehead atoms. The fraction of sp³-hybridized carbons (Fsp3) is 0.188. The van der Waals surface area contributed by atoms with E-state index in [0.29, 0.717) is 0 Å². The lowest BCUT2D eigenvalue weighted by Crippen LogP contribution is -2.01.